The van der Waals surface area contributed by atoms with Crippen LogP contribution in [0.3, 0.4) is 0 Å². The summed E-state index contributed by atoms with van der Waals surface area (Å²) in [6.45, 7) is 0. The standard InChI is InChI=1S/C27H19F3O3S2/c28-27(29,30)35(31,32)33-34(22-14-2-1-3-15-22,25-18-8-12-20-10-4-6-16-23(20)25)26-19-9-13-21-11-5-7-17-24(21)26/h1-19H/p+1. The molecule has 1 atom stereocenters. The highest BCUT2D eigenvalue weighted by molar-refractivity contribution is 8.31. The summed E-state index contributed by atoms with van der Waals surface area (Å²) in [6, 6.07) is 33.4. The predicted octanol–water partition coefficient (Wildman–Crippen LogP) is 8.35. The minimum absolute atomic E-state index is 0.374. The fraction of sp³-hybridized carbons (Fsp3) is 0.0370. The summed E-state index contributed by atoms with van der Waals surface area (Å²) in [6.07, 6.45) is 0. The van der Waals surface area contributed by atoms with Gasteiger partial charge in [0.2, 0.25) is 0 Å². The number of hydrogen-bond donors (Lipinski definition) is 1. The minimum atomic E-state index is -5.75. The maximum atomic E-state index is 13.9. The fourth-order valence-corrected chi connectivity index (χ4v) is 9.30. The van der Waals surface area contributed by atoms with Gasteiger partial charge in [-0.3, -0.25) is 0 Å². The SMILES string of the molecule is O=S(O)(=[O+]S(c1ccccc1)(c1cccc2ccccc12)c1cccc2ccccc12)C(F)(F)F. The molecule has 8 heteroatoms. The topological polar surface area (TPSA) is 48.6 Å². The van der Waals surface area contributed by atoms with Gasteiger partial charge >= 0.3 is 15.6 Å². The summed E-state index contributed by atoms with van der Waals surface area (Å²) < 4.78 is 70.5. The average Bonchev–Trinajstić information content (AvgIpc) is 2.86. The molecule has 178 valence electrons. The van der Waals surface area contributed by atoms with Crippen LogP contribution in [-0.2, 0) is 13.4 Å². The molecule has 0 bridgehead atoms. The predicted molar refractivity (Wildman–Crippen MR) is 134 cm³/mol. The normalized spacial score (nSPS) is 14.5. The van der Waals surface area contributed by atoms with Gasteiger partial charge in [0.1, 0.15) is 0 Å². The van der Waals surface area contributed by atoms with Crippen LogP contribution in [0.15, 0.2) is 130 Å². The second kappa shape index (κ2) is 8.71. The van der Waals surface area contributed by atoms with Gasteiger partial charge in [-0.1, -0.05) is 91.0 Å². The van der Waals surface area contributed by atoms with Gasteiger partial charge in [-0.05, 0) is 35.0 Å². The molecule has 5 aromatic carbocycles. The third-order valence-corrected chi connectivity index (χ3v) is 10.7. The van der Waals surface area contributed by atoms with Gasteiger partial charge in [-0.15, -0.1) is 7.49 Å². The number of alkyl halides is 3. The molecule has 0 saturated carbocycles. The zero-order valence-electron chi connectivity index (χ0n) is 18.2. The third-order valence-electron chi connectivity index (χ3n) is 5.68. The van der Waals surface area contributed by atoms with Crippen molar-refractivity contribution in [2.75, 3.05) is 0 Å². The van der Waals surface area contributed by atoms with Crippen molar-refractivity contribution < 1.29 is 25.2 Å². The van der Waals surface area contributed by atoms with Gasteiger partial charge in [0, 0.05) is 10.8 Å². The highest BCUT2D eigenvalue weighted by Gasteiger charge is 2.58. The van der Waals surface area contributed by atoms with Crippen LogP contribution in [0.2, 0.25) is 0 Å². The second-order valence-corrected chi connectivity index (χ2v) is 12.2. The second-order valence-electron chi connectivity index (χ2n) is 7.81. The molecule has 5 rings (SSSR count). The van der Waals surface area contributed by atoms with E-state index in [0.29, 0.717) is 25.5 Å². The van der Waals surface area contributed by atoms with Gasteiger partial charge in [0.25, 0.3) is 0 Å². The molecule has 0 saturated heterocycles. The van der Waals surface area contributed by atoms with Crippen molar-refractivity contribution >= 4 is 42.0 Å². The summed E-state index contributed by atoms with van der Waals surface area (Å²) in [5.74, 6) is 0. The van der Waals surface area contributed by atoms with Crippen molar-refractivity contribution in [2.24, 2.45) is 0 Å². The highest BCUT2D eigenvalue weighted by atomic mass is 32.3. The van der Waals surface area contributed by atoms with Crippen LogP contribution >= 0.6 is 10.3 Å². The van der Waals surface area contributed by atoms with Crippen molar-refractivity contribution in [3.63, 3.8) is 0 Å². The molecule has 0 spiro atoms. The Kier molecular flexibility index (Phi) is 5.83. The smallest absolute Gasteiger partial charge is 0.238 e. The van der Waals surface area contributed by atoms with Crippen LogP contribution in [-0.4, -0.2) is 14.3 Å². The quantitative estimate of drug-likeness (QED) is 0.149. The average molecular weight is 514 g/mol. The number of halogens is 3. The van der Waals surface area contributed by atoms with E-state index in [2.05, 4.69) is 0 Å². The van der Waals surface area contributed by atoms with Gasteiger partial charge in [-0.25, -0.2) is 4.55 Å². The lowest BCUT2D eigenvalue weighted by Gasteiger charge is -2.28. The molecule has 0 aliphatic heterocycles. The maximum Gasteiger partial charge on any atom is 0.576 e. The molecule has 0 heterocycles. The molecule has 0 radical (unpaired) electrons. The van der Waals surface area contributed by atoms with E-state index in [4.69, 9.17) is 3.29 Å². The lowest BCUT2D eigenvalue weighted by atomic mass is 10.1. The molecule has 1 unspecified atom stereocenters. The monoisotopic (exact) mass is 513 g/mol. The van der Waals surface area contributed by atoms with Crippen molar-refractivity contribution in [1.29, 1.82) is 0 Å². The van der Waals surface area contributed by atoms with E-state index in [0.717, 1.165) is 10.8 Å². The highest BCUT2D eigenvalue weighted by Crippen LogP contribution is 2.70. The molecule has 0 fully saturated rings. The molecule has 1 N–H and O–H groups in total. The Bertz CT molecular complexity index is 1570. The molecule has 0 aromatic heterocycles. The van der Waals surface area contributed by atoms with E-state index in [1.54, 1.807) is 78.9 Å². The van der Waals surface area contributed by atoms with Gasteiger partial charge < -0.3 is 0 Å². The first-order valence-corrected chi connectivity index (χ1v) is 13.6. The van der Waals surface area contributed by atoms with Crippen molar-refractivity contribution in [2.45, 2.75) is 20.2 Å². The summed E-state index contributed by atoms with van der Waals surface area (Å²) in [4.78, 5) is 1.19. The summed E-state index contributed by atoms with van der Waals surface area (Å²) in [7, 11) is -9.12. The van der Waals surface area contributed by atoms with E-state index in [1.165, 1.54) is 0 Å². The van der Waals surface area contributed by atoms with Crippen LogP contribution in [0.5, 0.6) is 0 Å². The van der Waals surface area contributed by atoms with Crippen molar-refractivity contribution in [3.05, 3.63) is 115 Å². The Morgan fingerprint density at radius 2 is 1.03 bits per heavy atom. The van der Waals surface area contributed by atoms with E-state index < -0.39 is 25.9 Å². The van der Waals surface area contributed by atoms with E-state index in [9.17, 15) is 21.9 Å². The van der Waals surface area contributed by atoms with E-state index in [-0.39, 0.29) is 0 Å². The number of benzene rings is 5. The first kappa shape index (κ1) is 23.4. The molecular weight excluding hydrogens is 493 g/mol. The van der Waals surface area contributed by atoms with Crippen LogP contribution in [0.1, 0.15) is 0 Å². The molecule has 5 aromatic rings. The van der Waals surface area contributed by atoms with E-state index in [1.807, 2.05) is 36.4 Å². The molecule has 35 heavy (non-hydrogen) atoms. The summed E-state index contributed by atoms with van der Waals surface area (Å²) in [5, 5.41) is 2.83. The number of rotatable bonds is 4. The zero-order valence-corrected chi connectivity index (χ0v) is 19.8. The Morgan fingerprint density at radius 1 is 0.600 bits per heavy atom. The van der Waals surface area contributed by atoms with E-state index >= 15 is 0 Å². The lowest BCUT2D eigenvalue weighted by molar-refractivity contribution is -0.0541. The first-order valence-electron chi connectivity index (χ1n) is 10.6. The van der Waals surface area contributed by atoms with Crippen molar-refractivity contribution in [1.82, 2.24) is 0 Å². The Morgan fingerprint density at radius 3 is 1.51 bits per heavy atom. The van der Waals surface area contributed by atoms with Crippen LogP contribution in [0.4, 0.5) is 13.2 Å². The third kappa shape index (κ3) is 3.97. The van der Waals surface area contributed by atoms with Gasteiger partial charge in [-0.2, -0.15) is 13.2 Å². The molecule has 0 aliphatic rings. The summed E-state index contributed by atoms with van der Waals surface area (Å²) >= 11 is 0. The van der Waals surface area contributed by atoms with Crippen LogP contribution in [0.25, 0.3) is 21.5 Å². The van der Waals surface area contributed by atoms with Crippen LogP contribution < -0.4 is 0 Å². The Balaban J connectivity index is 2.07. The van der Waals surface area contributed by atoms with Crippen molar-refractivity contribution in [3.8, 4) is 0 Å². The maximum absolute atomic E-state index is 13.9. The molecule has 3 nitrogen and oxygen atoms in total. The fourth-order valence-electron chi connectivity index (χ4n) is 4.17. The first-order chi connectivity index (χ1) is 16.7. The van der Waals surface area contributed by atoms with Gasteiger partial charge in [0.15, 0.2) is 10.3 Å². The largest absolute Gasteiger partial charge is 0.576 e. The Labute approximate surface area is 202 Å². The minimum Gasteiger partial charge on any atom is -0.238 e. The molecular formula is C27H20F3O3S2+. The van der Waals surface area contributed by atoms with Crippen LogP contribution in [0, 0.1) is 0 Å². The molecule has 0 amide bonds. The summed E-state index contributed by atoms with van der Waals surface area (Å²) in [5.41, 5.74) is -5.49. The number of hydrogen-bond acceptors (Lipinski definition) is 1. The number of fused-ring (bicyclic) bond motifs is 2. The lowest BCUT2D eigenvalue weighted by Crippen LogP contribution is -2.25. The zero-order chi connectivity index (χ0) is 24.7. The van der Waals surface area contributed by atoms with Gasteiger partial charge in [0.05, 0.1) is 14.7 Å². The molecule has 0 aliphatic carbocycles. The Hall–Kier alpha value is -3.33.